The Labute approximate surface area is 113 Å². The quantitative estimate of drug-likeness (QED) is 0.795. The van der Waals surface area contributed by atoms with Crippen molar-refractivity contribution in [3.63, 3.8) is 0 Å². The second kappa shape index (κ2) is 5.93. The number of amides is 1. The normalized spacial score (nSPS) is 19.4. The molecule has 1 heterocycles. The molecule has 0 saturated carbocycles. The number of ether oxygens (including phenoxy) is 1. The molecule has 1 amide bonds. The Morgan fingerprint density at radius 3 is 3.00 bits per heavy atom. The fraction of sp³-hybridized carbons (Fsp3) is 0.500. The summed E-state index contributed by atoms with van der Waals surface area (Å²) in [4.78, 5) is 13.3. The second-order valence-electron chi connectivity index (χ2n) is 5.00. The van der Waals surface area contributed by atoms with Crippen LogP contribution in [0.4, 0.5) is 5.69 Å². The molecule has 1 aromatic rings. The summed E-state index contributed by atoms with van der Waals surface area (Å²) in [7, 11) is 1.61. The molecule has 3 N–H and O–H groups in total. The Balaban J connectivity index is 1.92. The average Bonchev–Trinajstić information content (AvgIpc) is 2.76. The minimum atomic E-state index is 0.0422. The van der Waals surface area contributed by atoms with Crippen molar-refractivity contribution in [1.29, 1.82) is 0 Å². The van der Waals surface area contributed by atoms with Crippen molar-refractivity contribution in [3.05, 3.63) is 23.8 Å². The van der Waals surface area contributed by atoms with Crippen molar-refractivity contribution < 1.29 is 9.53 Å². The lowest BCUT2D eigenvalue weighted by Gasteiger charge is -2.17. The van der Waals surface area contributed by atoms with Crippen molar-refractivity contribution in [2.75, 3.05) is 25.9 Å². The van der Waals surface area contributed by atoms with Gasteiger partial charge >= 0.3 is 0 Å². The maximum atomic E-state index is 11.0. The van der Waals surface area contributed by atoms with Gasteiger partial charge in [-0.1, -0.05) is 6.07 Å². The molecule has 1 aliphatic rings. The topological polar surface area (TPSA) is 67.6 Å². The Morgan fingerprint density at radius 1 is 1.58 bits per heavy atom. The van der Waals surface area contributed by atoms with E-state index < -0.39 is 0 Å². The van der Waals surface area contributed by atoms with Crippen LogP contribution >= 0.6 is 0 Å². The predicted molar refractivity (Wildman–Crippen MR) is 74.9 cm³/mol. The number of nitrogens with zero attached hydrogens (tertiary/aromatic N) is 1. The molecular weight excluding hydrogens is 242 g/mol. The Kier molecular flexibility index (Phi) is 4.27. The lowest BCUT2D eigenvalue weighted by molar-refractivity contribution is -0.119. The largest absolute Gasteiger partial charge is 0.495 e. The molecule has 5 nitrogen and oxygen atoms in total. The summed E-state index contributed by atoms with van der Waals surface area (Å²) in [5.41, 5.74) is 7.73. The van der Waals surface area contributed by atoms with Crippen LogP contribution in [-0.2, 0) is 11.3 Å². The Bertz CT molecular complexity index is 462. The van der Waals surface area contributed by atoms with E-state index in [-0.39, 0.29) is 11.9 Å². The first-order chi connectivity index (χ1) is 9.08. The van der Waals surface area contributed by atoms with E-state index in [1.54, 1.807) is 14.0 Å². The number of likely N-dealkylation sites (tertiary alicyclic amines) is 1. The van der Waals surface area contributed by atoms with Crippen LogP contribution < -0.4 is 15.8 Å². The van der Waals surface area contributed by atoms with E-state index in [2.05, 4.69) is 10.2 Å². The van der Waals surface area contributed by atoms with Crippen LogP contribution in [-0.4, -0.2) is 37.0 Å². The smallest absolute Gasteiger partial charge is 0.217 e. The zero-order chi connectivity index (χ0) is 13.8. The van der Waals surface area contributed by atoms with Gasteiger partial charge in [-0.2, -0.15) is 0 Å². The highest BCUT2D eigenvalue weighted by molar-refractivity contribution is 5.73. The van der Waals surface area contributed by atoms with E-state index in [1.165, 1.54) is 5.56 Å². The van der Waals surface area contributed by atoms with E-state index in [9.17, 15) is 4.79 Å². The molecule has 19 heavy (non-hydrogen) atoms. The molecule has 0 aliphatic carbocycles. The van der Waals surface area contributed by atoms with Gasteiger partial charge in [-0.25, -0.2) is 0 Å². The maximum absolute atomic E-state index is 11.0. The van der Waals surface area contributed by atoms with Crippen LogP contribution in [0.3, 0.4) is 0 Å². The number of hydrogen-bond acceptors (Lipinski definition) is 4. The monoisotopic (exact) mass is 263 g/mol. The number of nitrogens with two attached hydrogens (primary N) is 1. The van der Waals surface area contributed by atoms with E-state index in [4.69, 9.17) is 10.5 Å². The van der Waals surface area contributed by atoms with Crippen LogP contribution in [0.2, 0.25) is 0 Å². The summed E-state index contributed by atoms with van der Waals surface area (Å²) in [5, 5.41) is 2.96. The molecule has 1 fully saturated rings. The van der Waals surface area contributed by atoms with Crippen LogP contribution in [0, 0.1) is 0 Å². The van der Waals surface area contributed by atoms with Gasteiger partial charge < -0.3 is 15.8 Å². The molecular formula is C14H21N3O2. The summed E-state index contributed by atoms with van der Waals surface area (Å²) in [6, 6.07) is 6.14. The first-order valence-corrected chi connectivity index (χ1v) is 6.50. The molecule has 2 rings (SSSR count). The number of anilines is 1. The molecule has 1 atom stereocenters. The zero-order valence-electron chi connectivity index (χ0n) is 11.5. The summed E-state index contributed by atoms with van der Waals surface area (Å²) in [6.45, 7) is 4.31. The van der Waals surface area contributed by atoms with Gasteiger partial charge in [-0.3, -0.25) is 9.69 Å². The third-order valence-corrected chi connectivity index (χ3v) is 3.38. The van der Waals surface area contributed by atoms with Gasteiger partial charge in [0.1, 0.15) is 5.75 Å². The summed E-state index contributed by atoms with van der Waals surface area (Å²) < 4.78 is 5.14. The zero-order valence-corrected chi connectivity index (χ0v) is 11.5. The number of carbonyl (C=O) groups is 1. The fourth-order valence-corrected chi connectivity index (χ4v) is 2.52. The van der Waals surface area contributed by atoms with Gasteiger partial charge in [-0.05, 0) is 24.1 Å². The first kappa shape index (κ1) is 13.7. The van der Waals surface area contributed by atoms with Gasteiger partial charge in [0, 0.05) is 32.6 Å². The highest BCUT2D eigenvalue weighted by Crippen LogP contribution is 2.23. The number of benzene rings is 1. The minimum Gasteiger partial charge on any atom is -0.495 e. The Morgan fingerprint density at radius 2 is 2.37 bits per heavy atom. The van der Waals surface area contributed by atoms with E-state index >= 15 is 0 Å². The summed E-state index contributed by atoms with van der Waals surface area (Å²) >= 11 is 0. The van der Waals surface area contributed by atoms with Crippen molar-refractivity contribution in [3.8, 4) is 5.75 Å². The van der Waals surface area contributed by atoms with Crippen molar-refractivity contribution in [1.82, 2.24) is 10.2 Å². The summed E-state index contributed by atoms with van der Waals surface area (Å²) in [5.74, 6) is 0.752. The standard InChI is InChI=1S/C14H21N3O2/c1-10(18)16-12-5-6-17(9-12)8-11-3-4-14(19-2)13(15)7-11/h3-4,7,12H,5-6,8-9,15H2,1-2H3,(H,16,18). The molecule has 0 radical (unpaired) electrons. The van der Waals surface area contributed by atoms with E-state index in [0.717, 1.165) is 26.1 Å². The van der Waals surface area contributed by atoms with Crippen molar-refractivity contribution in [2.24, 2.45) is 0 Å². The fourth-order valence-electron chi connectivity index (χ4n) is 2.52. The third-order valence-electron chi connectivity index (χ3n) is 3.38. The molecule has 5 heteroatoms. The van der Waals surface area contributed by atoms with Gasteiger partial charge in [0.2, 0.25) is 5.91 Å². The van der Waals surface area contributed by atoms with E-state index in [0.29, 0.717) is 11.4 Å². The lowest BCUT2D eigenvalue weighted by atomic mass is 10.2. The molecule has 0 bridgehead atoms. The number of hydrogen-bond donors (Lipinski definition) is 2. The molecule has 1 aliphatic heterocycles. The number of nitrogens with one attached hydrogen (secondary N) is 1. The van der Waals surface area contributed by atoms with Crippen LogP contribution in [0.1, 0.15) is 18.9 Å². The van der Waals surface area contributed by atoms with E-state index in [1.807, 2.05) is 18.2 Å². The lowest BCUT2D eigenvalue weighted by Crippen LogP contribution is -2.35. The van der Waals surface area contributed by atoms with Gasteiger partial charge in [0.25, 0.3) is 0 Å². The van der Waals surface area contributed by atoms with Crippen LogP contribution in [0.5, 0.6) is 5.75 Å². The van der Waals surface area contributed by atoms with Crippen molar-refractivity contribution >= 4 is 11.6 Å². The third kappa shape index (κ3) is 3.61. The molecule has 104 valence electrons. The van der Waals surface area contributed by atoms with Crippen LogP contribution in [0.25, 0.3) is 0 Å². The number of rotatable bonds is 4. The number of methoxy groups -OCH3 is 1. The predicted octanol–water partition coefficient (Wildman–Crippen LogP) is 0.988. The molecule has 1 saturated heterocycles. The molecule has 1 aromatic carbocycles. The average molecular weight is 263 g/mol. The van der Waals surface area contributed by atoms with Gasteiger partial charge in [-0.15, -0.1) is 0 Å². The summed E-state index contributed by atoms with van der Waals surface area (Å²) in [6.07, 6.45) is 1.01. The number of nitrogen functional groups attached to an aromatic ring is 1. The molecule has 0 aromatic heterocycles. The second-order valence-corrected chi connectivity index (χ2v) is 5.00. The highest BCUT2D eigenvalue weighted by Gasteiger charge is 2.22. The highest BCUT2D eigenvalue weighted by atomic mass is 16.5. The first-order valence-electron chi connectivity index (χ1n) is 6.50. The number of carbonyl (C=O) groups excluding carboxylic acids is 1. The maximum Gasteiger partial charge on any atom is 0.217 e. The molecule has 1 unspecified atom stereocenters. The van der Waals surface area contributed by atoms with Gasteiger partial charge in [0.05, 0.1) is 12.8 Å². The minimum absolute atomic E-state index is 0.0422. The van der Waals surface area contributed by atoms with Crippen molar-refractivity contribution in [2.45, 2.75) is 25.9 Å². The SMILES string of the molecule is COc1ccc(CN2CCC(NC(C)=O)C2)cc1N. The van der Waals surface area contributed by atoms with Gasteiger partial charge in [0.15, 0.2) is 0 Å². The Hall–Kier alpha value is -1.75. The molecule has 0 spiro atoms. The van der Waals surface area contributed by atoms with Crippen LogP contribution in [0.15, 0.2) is 18.2 Å².